The highest BCUT2D eigenvalue weighted by molar-refractivity contribution is 7.11. The fourth-order valence-electron chi connectivity index (χ4n) is 2.83. The second kappa shape index (κ2) is 6.08. The summed E-state index contributed by atoms with van der Waals surface area (Å²) in [5, 5.41) is 13.2. The van der Waals surface area contributed by atoms with Crippen molar-refractivity contribution in [2.75, 3.05) is 6.54 Å². The Kier molecular flexibility index (Phi) is 4.32. The Labute approximate surface area is 136 Å². The molecule has 5 nitrogen and oxygen atoms in total. The first-order valence-electron chi connectivity index (χ1n) is 7.98. The lowest BCUT2D eigenvalue weighted by Gasteiger charge is -2.24. The van der Waals surface area contributed by atoms with Crippen LogP contribution in [-0.2, 0) is 24.9 Å². The molecule has 22 heavy (non-hydrogen) atoms. The first-order chi connectivity index (χ1) is 10.4. The van der Waals surface area contributed by atoms with Crippen LogP contribution < -0.4 is 5.32 Å². The summed E-state index contributed by atoms with van der Waals surface area (Å²) in [6.07, 6.45) is 4.25. The molecule has 0 radical (unpaired) electrons. The lowest BCUT2D eigenvalue weighted by Crippen LogP contribution is -2.30. The van der Waals surface area contributed by atoms with E-state index in [9.17, 15) is 0 Å². The molecule has 1 N–H and O–H groups in total. The van der Waals surface area contributed by atoms with Crippen molar-refractivity contribution in [3.8, 4) is 0 Å². The van der Waals surface area contributed by atoms with Crippen LogP contribution in [0, 0.1) is 12.8 Å². The molecular weight excluding hydrogens is 294 g/mol. The van der Waals surface area contributed by atoms with E-state index in [2.05, 4.69) is 45.8 Å². The molecule has 2 aromatic heterocycles. The first kappa shape index (κ1) is 15.6. The molecule has 120 valence electrons. The predicted octanol–water partition coefficient (Wildman–Crippen LogP) is 2.69. The van der Waals surface area contributed by atoms with Crippen LogP contribution in [0.15, 0.2) is 6.20 Å². The van der Waals surface area contributed by atoms with Crippen molar-refractivity contribution in [3.63, 3.8) is 0 Å². The maximum Gasteiger partial charge on any atom is 0.133 e. The van der Waals surface area contributed by atoms with Crippen LogP contribution in [0.1, 0.15) is 48.7 Å². The molecule has 1 aliphatic rings. The van der Waals surface area contributed by atoms with Gasteiger partial charge in [-0.3, -0.25) is 0 Å². The zero-order valence-electron chi connectivity index (χ0n) is 13.9. The van der Waals surface area contributed by atoms with Crippen LogP contribution in [0.3, 0.4) is 0 Å². The average Bonchev–Trinajstić information content (AvgIpc) is 3.06. The third-order valence-electron chi connectivity index (χ3n) is 4.16. The van der Waals surface area contributed by atoms with Gasteiger partial charge in [0, 0.05) is 42.5 Å². The summed E-state index contributed by atoms with van der Waals surface area (Å²) in [5.41, 5.74) is 0.147. The topological polar surface area (TPSA) is 55.6 Å². The van der Waals surface area contributed by atoms with E-state index >= 15 is 0 Å². The number of hydrogen-bond donors (Lipinski definition) is 1. The summed E-state index contributed by atoms with van der Waals surface area (Å²) in [6, 6.07) is 0. The van der Waals surface area contributed by atoms with Gasteiger partial charge < -0.3 is 9.88 Å². The number of fused-ring (bicyclic) bond motifs is 1. The van der Waals surface area contributed by atoms with Crippen molar-refractivity contribution < 1.29 is 0 Å². The second-order valence-corrected chi connectivity index (χ2v) is 8.31. The van der Waals surface area contributed by atoms with Crippen molar-refractivity contribution in [1.82, 2.24) is 25.1 Å². The summed E-state index contributed by atoms with van der Waals surface area (Å²) in [5.74, 6) is 2.85. The van der Waals surface area contributed by atoms with Crippen molar-refractivity contribution in [2.45, 2.75) is 59.0 Å². The monoisotopic (exact) mass is 319 g/mol. The van der Waals surface area contributed by atoms with E-state index in [0.717, 1.165) is 37.7 Å². The molecule has 6 heteroatoms. The average molecular weight is 319 g/mol. The molecule has 2 aromatic rings. The zero-order valence-corrected chi connectivity index (χ0v) is 14.7. The minimum absolute atomic E-state index is 0.147. The van der Waals surface area contributed by atoms with Gasteiger partial charge >= 0.3 is 0 Å². The summed E-state index contributed by atoms with van der Waals surface area (Å²) in [6.45, 7) is 11.7. The fraction of sp³-hybridized carbons (Fsp3) is 0.688. The van der Waals surface area contributed by atoms with Gasteiger partial charge in [0.25, 0.3) is 0 Å². The van der Waals surface area contributed by atoms with Crippen LogP contribution in [-0.4, -0.2) is 26.3 Å². The van der Waals surface area contributed by atoms with Crippen LogP contribution in [0.5, 0.6) is 0 Å². The summed E-state index contributed by atoms with van der Waals surface area (Å²) < 4.78 is 2.26. The molecule has 0 saturated carbocycles. The zero-order chi connectivity index (χ0) is 15.7. The van der Waals surface area contributed by atoms with Gasteiger partial charge in [-0.15, -0.1) is 21.5 Å². The van der Waals surface area contributed by atoms with Gasteiger partial charge in [-0.25, -0.2) is 4.98 Å². The third kappa shape index (κ3) is 3.38. The highest BCUT2D eigenvalue weighted by Gasteiger charge is 2.21. The second-order valence-electron chi connectivity index (χ2n) is 7.19. The number of aromatic nitrogens is 4. The van der Waals surface area contributed by atoms with Gasteiger partial charge in [0.15, 0.2) is 0 Å². The number of aryl methyl sites for hydroxylation is 2. The maximum absolute atomic E-state index is 4.55. The van der Waals surface area contributed by atoms with E-state index in [0.29, 0.717) is 5.92 Å². The lowest BCUT2D eigenvalue weighted by molar-refractivity contribution is 0.344. The predicted molar refractivity (Wildman–Crippen MR) is 89.1 cm³/mol. The molecule has 0 saturated heterocycles. The van der Waals surface area contributed by atoms with E-state index in [1.807, 2.05) is 24.5 Å². The molecule has 1 aliphatic heterocycles. The van der Waals surface area contributed by atoms with Gasteiger partial charge in [0.2, 0.25) is 0 Å². The Balaban J connectivity index is 1.50. The molecule has 0 fully saturated rings. The number of hydrogen-bond acceptors (Lipinski definition) is 5. The van der Waals surface area contributed by atoms with E-state index in [1.54, 1.807) is 0 Å². The van der Waals surface area contributed by atoms with E-state index in [1.165, 1.54) is 16.3 Å². The number of rotatable bonds is 4. The molecule has 3 heterocycles. The Morgan fingerprint density at radius 2 is 2.18 bits per heavy atom. The molecule has 3 rings (SSSR count). The minimum atomic E-state index is 0.147. The molecule has 0 bridgehead atoms. The van der Waals surface area contributed by atoms with E-state index < -0.39 is 0 Å². The van der Waals surface area contributed by atoms with Gasteiger partial charge in [-0.2, -0.15) is 0 Å². The van der Waals surface area contributed by atoms with E-state index in [4.69, 9.17) is 0 Å². The first-order valence-corrected chi connectivity index (χ1v) is 8.79. The van der Waals surface area contributed by atoms with Crippen LogP contribution >= 0.6 is 11.3 Å². The Hall–Kier alpha value is -1.27. The summed E-state index contributed by atoms with van der Waals surface area (Å²) in [4.78, 5) is 5.87. The third-order valence-corrected chi connectivity index (χ3v) is 5.58. The molecule has 0 aromatic carbocycles. The quantitative estimate of drug-likeness (QED) is 0.941. The summed E-state index contributed by atoms with van der Waals surface area (Å²) >= 11 is 1.82. The highest BCUT2D eigenvalue weighted by Crippen LogP contribution is 2.26. The normalized spacial score (nSPS) is 18.5. The van der Waals surface area contributed by atoms with Crippen molar-refractivity contribution >= 4 is 11.3 Å². The molecular formula is C16H25N5S. The molecule has 1 atom stereocenters. The van der Waals surface area contributed by atoms with Crippen molar-refractivity contribution in [2.24, 2.45) is 5.92 Å². The molecule has 0 amide bonds. The standard InChI is InChI=1S/C16H25N5S/c1-11-19-20-14-6-5-12(10-21(11)14)7-17-8-13-9-18-15(22-13)16(2,3)4/h9,12,17H,5-8,10H2,1-4H3/t12-/m0/s1. The van der Waals surface area contributed by atoms with Gasteiger partial charge in [0.05, 0.1) is 5.01 Å². The molecule has 0 aliphatic carbocycles. The van der Waals surface area contributed by atoms with Crippen molar-refractivity contribution in [3.05, 3.63) is 27.7 Å². The Morgan fingerprint density at radius 3 is 2.91 bits per heavy atom. The number of nitrogens with one attached hydrogen (secondary N) is 1. The highest BCUT2D eigenvalue weighted by atomic mass is 32.1. The largest absolute Gasteiger partial charge is 0.315 e. The van der Waals surface area contributed by atoms with Gasteiger partial charge in [-0.1, -0.05) is 20.8 Å². The van der Waals surface area contributed by atoms with Gasteiger partial charge in [0.1, 0.15) is 11.6 Å². The fourth-order valence-corrected chi connectivity index (χ4v) is 3.77. The molecule has 0 unspecified atom stereocenters. The van der Waals surface area contributed by atoms with Crippen molar-refractivity contribution in [1.29, 1.82) is 0 Å². The number of thiazole rings is 1. The minimum Gasteiger partial charge on any atom is -0.315 e. The Bertz CT molecular complexity index is 637. The van der Waals surface area contributed by atoms with Crippen LogP contribution in [0.25, 0.3) is 0 Å². The SMILES string of the molecule is Cc1nnc2n1C[C@H](CNCc1cnc(C(C)(C)C)s1)CC2. The summed E-state index contributed by atoms with van der Waals surface area (Å²) in [7, 11) is 0. The lowest BCUT2D eigenvalue weighted by atomic mass is 9.98. The van der Waals surface area contributed by atoms with Crippen LogP contribution in [0.4, 0.5) is 0 Å². The molecule has 0 spiro atoms. The Morgan fingerprint density at radius 1 is 1.36 bits per heavy atom. The van der Waals surface area contributed by atoms with Crippen LogP contribution in [0.2, 0.25) is 0 Å². The maximum atomic E-state index is 4.55. The smallest absolute Gasteiger partial charge is 0.133 e. The van der Waals surface area contributed by atoms with Gasteiger partial charge in [-0.05, 0) is 19.3 Å². The van der Waals surface area contributed by atoms with E-state index in [-0.39, 0.29) is 5.41 Å². The number of nitrogens with zero attached hydrogens (tertiary/aromatic N) is 4.